The van der Waals surface area contributed by atoms with Crippen LogP contribution in [0, 0.1) is 0 Å². The van der Waals surface area contributed by atoms with Crippen LogP contribution in [0.4, 0.5) is 0 Å². The Labute approximate surface area is 166 Å². The first-order valence-electron chi connectivity index (χ1n) is 9.52. The fourth-order valence-corrected chi connectivity index (χ4v) is 3.96. The molecule has 27 heavy (non-hydrogen) atoms. The molecular weight excluding hydrogens is 358 g/mol. The van der Waals surface area contributed by atoms with Crippen molar-refractivity contribution in [2.75, 3.05) is 33.4 Å². The molecule has 4 rings (SSSR count). The molecule has 0 spiro atoms. The van der Waals surface area contributed by atoms with E-state index in [0.29, 0.717) is 0 Å². The summed E-state index contributed by atoms with van der Waals surface area (Å²) in [7, 11) is 2.05. The summed E-state index contributed by atoms with van der Waals surface area (Å²) in [5.74, 6) is 0. The highest BCUT2D eigenvalue weighted by Gasteiger charge is 2.23. The van der Waals surface area contributed by atoms with E-state index in [2.05, 4.69) is 52.9 Å². The third-order valence-electron chi connectivity index (χ3n) is 5.19. The lowest BCUT2D eigenvalue weighted by Gasteiger charge is -2.26. The Morgan fingerprint density at radius 3 is 2.59 bits per heavy atom. The highest BCUT2D eigenvalue weighted by molar-refractivity contribution is 6.30. The van der Waals surface area contributed by atoms with Gasteiger partial charge >= 0.3 is 0 Å². The number of ether oxygens (including phenoxy) is 1. The zero-order valence-electron chi connectivity index (χ0n) is 15.7. The van der Waals surface area contributed by atoms with Gasteiger partial charge in [0.2, 0.25) is 0 Å². The highest BCUT2D eigenvalue weighted by atomic mass is 35.5. The first-order valence-corrected chi connectivity index (χ1v) is 9.90. The number of benzene rings is 2. The molecule has 2 aromatic rings. The summed E-state index contributed by atoms with van der Waals surface area (Å²) in [5.41, 5.74) is 8.79. The summed E-state index contributed by atoms with van der Waals surface area (Å²) >= 11 is 6.05. The molecule has 0 aliphatic carbocycles. The van der Waals surface area contributed by atoms with Crippen LogP contribution in [0.15, 0.2) is 54.7 Å². The maximum Gasteiger partial charge on any atom is 0.0594 e. The van der Waals surface area contributed by atoms with E-state index in [1.165, 1.54) is 22.3 Å². The van der Waals surface area contributed by atoms with Gasteiger partial charge in [-0.1, -0.05) is 48.0 Å². The Bertz CT molecular complexity index is 799. The molecule has 1 atom stereocenters. The van der Waals surface area contributed by atoms with Gasteiger partial charge in [0.15, 0.2) is 0 Å². The molecule has 0 amide bonds. The lowest BCUT2D eigenvalue weighted by atomic mass is 9.94. The number of halogens is 1. The van der Waals surface area contributed by atoms with Crippen LogP contribution in [0.5, 0.6) is 0 Å². The number of rotatable bonds is 5. The average Bonchev–Trinajstić information content (AvgIpc) is 3.03. The normalized spacial score (nSPS) is 20.7. The van der Waals surface area contributed by atoms with Crippen LogP contribution in [-0.4, -0.2) is 49.3 Å². The minimum absolute atomic E-state index is 0.259. The van der Waals surface area contributed by atoms with Crippen molar-refractivity contribution < 1.29 is 4.74 Å². The Morgan fingerprint density at radius 2 is 1.81 bits per heavy atom. The predicted molar refractivity (Wildman–Crippen MR) is 110 cm³/mol. The second kappa shape index (κ2) is 8.44. The molecular formula is C22H26ClN3O. The minimum atomic E-state index is 0.259. The summed E-state index contributed by atoms with van der Waals surface area (Å²) in [6.45, 7) is 4.71. The first kappa shape index (κ1) is 18.5. The minimum Gasteiger partial charge on any atom is -0.379 e. The van der Waals surface area contributed by atoms with E-state index >= 15 is 0 Å². The summed E-state index contributed by atoms with van der Waals surface area (Å²) in [5, 5.41) is 2.82. The predicted octanol–water partition coefficient (Wildman–Crippen LogP) is 3.57. The number of nitrogens with zero attached hydrogens (tertiary/aromatic N) is 2. The summed E-state index contributed by atoms with van der Waals surface area (Å²) < 4.78 is 5.45. The molecule has 0 radical (unpaired) electrons. The molecule has 1 fully saturated rings. The maximum atomic E-state index is 6.05. The Balaban J connectivity index is 1.47. The highest BCUT2D eigenvalue weighted by Crippen LogP contribution is 2.27. The van der Waals surface area contributed by atoms with E-state index in [1.807, 2.05) is 24.2 Å². The smallest absolute Gasteiger partial charge is 0.0594 e. The number of hydrogen-bond donors (Lipinski definition) is 1. The van der Waals surface area contributed by atoms with Crippen LogP contribution in [0.3, 0.4) is 0 Å². The fourth-order valence-electron chi connectivity index (χ4n) is 3.83. The molecule has 1 unspecified atom stereocenters. The lowest BCUT2D eigenvalue weighted by molar-refractivity contribution is 0.0342. The topological polar surface area (TPSA) is 27.7 Å². The van der Waals surface area contributed by atoms with Gasteiger partial charge in [-0.2, -0.15) is 0 Å². The molecule has 0 aromatic heterocycles. The Hall–Kier alpha value is -1.85. The van der Waals surface area contributed by atoms with E-state index in [0.717, 1.165) is 44.3 Å². The van der Waals surface area contributed by atoms with Gasteiger partial charge < -0.3 is 9.75 Å². The molecule has 0 bridgehead atoms. The second-order valence-corrected chi connectivity index (χ2v) is 7.73. The molecule has 4 nitrogen and oxygen atoms in total. The number of nitrogens with one attached hydrogen (secondary N) is 1. The molecule has 2 heterocycles. The first-order chi connectivity index (χ1) is 13.2. The molecule has 142 valence electrons. The molecule has 1 saturated heterocycles. The van der Waals surface area contributed by atoms with Gasteiger partial charge in [0.05, 0.1) is 19.3 Å². The van der Waals surface area contributed by atoms with Crippen LogP contribution >= 0.6 is 11.6 Å². The van der Waals surface area contributed by atoms with Crippen LogP contribution in [0.2, 0.25) is 5.02 Å². The zero-order chi connectivity index (χ0) is 18.6. The number of morpholine rings is 1. The number of hydrazine groups is 1. The van der Waals surface area contributed by atoms with E-state index < -0.39 is 0 Å². The number of hydrogen-bond acceptors (Lipinski definition) is 4. The third-order valence-corrected chi connectivity index (χ3v) is 5.44. The molecule has 5 heteroatoms. The molecule has 2 aliphatic rings. The van der Waals surface area contributed by atoms with Crippen LogP contribution in [0.1, 0.15) is 16.7 Å². The SMILES string of the molecule is CN1C=C(c2ccc(Cl)cc2)C(Cc2cccc(CN3CCOCC3)c2)N1. The van der Waals surface area contributed by atoms with E-state index in [-0.39, 0.29) is 6.04 Å². The summed E-state index contributed by atoms with van der Waals surface area (Å²) in [4.78, 5) is 2.46. The van der Waals surface area contributed by atoms with Crippen LogP contribution < -0.4 is 5.43 Å². The van der Waals surface area contributed by atoms with Gasteiger partial charge in [-0.25, -0.2) is 5.43 Å². The summed E-state index contributed by atoms with van der Waals surface area (Å²) in [6.07, 6.45) is 3.13. The molecule has 2 aromatic carbocycles. The van der Waals surface area contributed by atoms with Crippen molar-refractivity contribution >= 4 is 17.2 Å². The quantitative estimate of drug-likeness (QED) is 0.854. The lowest BCUT2D eigenvalue weighted by Crippen LogP contribution is -2.36. The molecule has 0 saturated carbocycles. The van der Waals surface area contributed by atoms with Crippen molar-refractivity contribution in [2.45, 2.75) is 19.0 Å². The monoisotopic (exact) mass is 383 g/mol. The van der Waals surface area contributed by atoms with Crippen molar-refractivity contribution in [3.05, 3.63) is 76.4 Å². The van der Waals surface area contributed by atoms with Gasteiger partial charge in [-0.05, 0) is 40.8 Å². The van der Waals surface area contributed by atoms with E-state index in [1.54, 1.807) is 0 Å². The molecule has 2 aliphatic heterocycles. The van der Waals surface area contributed by atoms with Crippen LogP contribution in [0.25, 0.3) is 5.57 Å². The van der Waals surface area contributed by atoms with Crippen molar-refractivity contribution in [1.29, 1.82) is 0 Å². The van der Waals surface area contributed by atoms with Crippen molar-refractivity contribution in [1.82, 2.24) is 15.3 Å². The van der Waals surface area contributed by atoms with Gasteiger partial charge in [0.25, 0.3) is 0 Å². The van der Waals surface area contributed by atoms with Crippen molar-refractivity contribution in [3.63, 3.8) is 0 Å². The Morgan fingerprint density at radius 1 is 1.07 bits per heavy atom. The van der Waals surface area contributed by atoms with Gasteiger partial charge in [0, 0.05) is 37.9 Å². The third kappa shape index (κ3) is 4.71. The largest absolute Gasteiger partial charge is 0.379 e. The summed E-state index contributed by atoms with van der Waals surface area (Å²) in [6, 6.07) is 17.3. The van der Waals surface area contributed by atoms with Crippen molar-refractivity contribution in [3.8, 4) is 0 Å². The van der Waals surface area contributed by atoms with Crippen LogP contribution in [-0.2, 0) is 17.7 Å². The van der Waals surface area contributed by atoms with Crippen molar-refractivity contribution in [2.24, 2.45) is 0 Å². The average molecular weight is 384 g/mol. The van der Waals surface area contributed by atoms with Gasteiger partial charge in [-0.3, -0.25) is 4.90 Å². The molecule has 1 N–H and O–H groups in total. The van der Waals surface area contributed by atoms with Gasteiger partial charge in [-0.15, -0.1) is 0 Å². The van der Waals surface area contributed by atoms with E-state index in [4.69, 9.17) is 16.3 Å². The fraction of sp³-hybridized carbons (Fsp3) is 0.364. The second-order valence-electron chi connectivity index (χ2n) is 7.30. The standard InChI is InChI=1S/C22H26ClN3O/c1-25-16-21(19-5-7-20(23)8-6-19)22(24-25)14-17-3-2-4-18(13-17)15-26-9-11-27-12-10-26/h2-8,13,16,22,24H,9-12,14-15H2,1H3. The zero-order valence-corrected chi connectivity index (χ0v) is 16.5. The van der Waals surface area contributed by atoms with E-state index in [9.17, 15) is 0 Å². The Kier molecular flexibility index (Phi) is 5.79. The van der Waals surface area contributed by atoms with Gasteiger partial charge in [0.1, 0.15) is 0 Å². The maximum absolute atomic E-state index is 6.05.